The van der Waals surface area contributed by atoms with E-state index >= 15 is 0 Å². The molecule has 0 atom stereocenters. The smallest absolute Gasteiger partial charge is 0.311 e. The number of aromatic nitrogens is 3. The summed E-state index contributed by atoms with van der Waals surface area (Å²) in [7, 11) is 0. The fraction of sp³-hybridized carbons (Fsp3) is 0.375. The number of carbonyl (C=O) groups excluding carboxylic acids is 1. The largest absolute Gasteiger partial charge is 0.481 e. The van der Waals surface area contributed by atoms with Crippen molar-refractivity contribution in [2.24, 2.45) is 5.41 Å². The number of hydrogen-bond donors (Lipinski definition) is 2. The SMILES string of the molecule is CCC(CC)(CNC(=O)c1cn(-c2ccccc2)nn1)C(=O)O. The zero-order valence-corrected chi connectivity index (χ0v) is 13.2. The third-order valence-electron chi connectivity index (χ3n) is 4.14. The topological polar surface area (TPSA) is 97.1 Å². The Labute approximate surface area is 134 Å². The van der Waals surface area contributed by atoms with Gasteiger partial charge in [0.15, 0.2) is 5.69 Å². The molecule has 0 fully saturated rings. The Hall–Kier alpha value is -2.70. The lowest BCUT2D eigenvalue weighted by Gasteiger charge is -2.26. The summed E-state index contributed by atoms with van der Waals surface area (Å²) in [5, 5.41) is 19.8. The van der Waals surface area contributed by atoms with Crippen molar-refractivity contribution >= 4 is 11.9 Å². The van der Waals surface area contributed by atoms with Gasteiger partial charge in [0, 0.05) is 6.54 Å². The normalized spacial score (nSPS) is 11.2. The van der Waals surface area contributed by atoms with Crippen LogP contribution in [0.15, 0.2) is 36.5 Å². The second-order valence-electron chi connectivity index (χ2n) is 5.36. The maximum absolute atomic E-state index is 12.2. The molecule has 1 amide bonds. The van der Waals surface area contributed by atoms with E-state index in [0.717, 1.165) is 5.69 Å². The Morgan fingerprint density at radius 3 is 2.43 bits per heavy atom. The van der Waals surface area contributed by atoms with Crippen LogP contribution in [-0.4, -0.2) is 38.5 Å². The number of nitrogens with zero attached hydrogens (tertiary/aromatic N) is 3. The molecule has 0 aliphatic carbocycles. The summed E-state index contributed by atoms with van der Waals surface area (Å²) in [5.41, 5.74) is -0.00755. The fourth-order valence-corrected chi connectivity index (χ4v) is 2.29. The van der Waals surface area contributed by atoms with Crippen molar-refractivity contribution in [3.8, 4) is 5.69 Å². The van der Waals surface area contributed by atoms with Gasteiger partial charge >= 0.3 is 5.97 Å². The van der Waals surface area contributed by atoms with Gasteiger partial charge in [-0.25, -0.2) is 4.68 Å². The van der Waals surface area contributed by atoms with Crippen LogP contribution in [0.3, 0.4) is 0 Å². The summed E-state index contributed by atoms with van der Waals surface area (Å²) in [6, 6.07) is 9.30. The first kappa shape index (κ1) is 16.7. The van der Waals surface area contributed by atoms with Crippen LogP contribution in [0.4, 0.5) is 0 Å². The van der Waals surface area contributed by atoms with Crippen molar-refractivity contribution in [2.75, 3.05) is 6.54 Å². The molecule has 0 aliphatic heterocycles. The first-order valence-electron chi connectivity index (χ1n) is 7.52. The summed E-state index contributed by atoms with van der Waals surface area (Å²) < 4.78 is 1.50. The number of benzene rings is 1. The molecule has 7 nitrogen and oxygen atoms in total. The Kier molecular flexibility index (Phi) is 5.10. The van der Waals surface area contributed by atoms with Crippen LogP contribution in [0.5, 0.6) is 0 Å². The number of carbonyl (C=O) groups is 2. The van der Waals surface area contributed by atoms with Gasteiger partial charge in [0.25, 0.3) is 5.91 Å². The van der Waals surface area contributed by atoms with Crippen molar-refractivity contribution in [1.82, 2.24) is 20.3 Å². The van der Waals surface area contributed by atoms with Gasteiger partial charge in [-0.15, -0.1) is 5.10 Å². The minimum atomic E-state index is -0.953. The van der Waals surface area contributed by atoms with Crippen molar-refractivity contribution in [3.05, 3.63) is 42.2 Å². The molecule has 0 aliphatic rings. The van der Waals surface area contributed by atoms with Gasteiger partial charge in [0.2, 0.25) is 0 Å². The van der Waals surface area contributed by atoms with Gasteiger partial charge in [-0.2, -0.15) is 0 Å². The highest BCUT2D eigenvalue weighted by molar-refractivity contribution is 5.92. The molecule has 1 heterocycles. The summed E-state index contributed by atoms with van der Waals surface area (Å²) in [6.45, 7) is 3.66. The molecule has 2 rings (SSSR count). The van der Waals surface area contributed by atoms with E-state index in [1.54, 1.807) is 13.8 Å². The van der Waals surface area contributed by atoms with Gasteiger partial charge in [-0.3, -0.25) is 9.59 Å². The molecule has 0 unspecified atom stereocenters. The molecule has 0 saturated carbocycles. The zero-order chi connectivity index (χ0) is 16.9. The Morgan fingerprint density at radius 1 is 1.22 bits per heavy atom. The minimum absolute atomic E-state index is 0.0619. The van der Waals surface area contributed by atoms with E-state index in [4.69, 9.17) is 0 Å². The lowest BCUT2D eigenvalue weighted by molar-refractivity contribution is -0.149. The number of amides is 1. The first-order valence-corrected chi connectivity index (χ1v) is 7.52. The summed E-state index contributed by atoms with van der Waals surface area (Å²) in [4.78, 5) is 23.6. The molecule has 122 valence electrons. The number of carboxylic acids is 1. The average Bonchev–Trinajstić information content (AvgIpc) is 3.06. The molecular weight excluding hydrogens is 296 g/mol. The van der Waals surface area contributed by atoms with E-state index in [-0.39, 0.29) is 12.2 Å². The van der Waals surface area contributed by atoms with Gasteiger partial charge in [0.05, 0.1) is 17.3 Å². The molecule has 2 N–H and O–H groups in total. The van der Waals surface area contributed by atoms with E-state index in [9.17, 15) is 14.7 Å². The Bertz CT molecular complexity index is 678. The highest BCUT2D eigenvalue weighted by Crippen LogP contribution is 2.25. The van der Waals surface area contributed by atoms with E-state index in [1.807, 2.05) is 30.3 Å². The lowest BCUT2D eigenvalue weighted by Crippen LogP contribution is -2.42. The Morgan fingerprint density at radius 2 is 1.87 bits per heavy atom. The summed E-state index contributed by atoms with van der Waals surface area (Å²) in [5.74, 6) is -1.34. The van der Waals surface area contributed by atoms with Crippen molar-refractivity contribution < 1.29 is 14.7 Å². The molecule has 0 bridgehead atoms. The fourth-order valence-electron chi connectivity index (χ4n) is 2.29. The molecular formula is C16H20N4O3. The standard InChI is InChI=1S/C16H20N4O3/c1-3-16(4-2,15(22)23)11-17-14(21)13-10-20(19-18-13)12-8-6-5-7-9-12/h5-10H,3-4,11H2,1-2H3,(H,17,21)(H,22,23). The molecule has 23 heavy (non-hydrogen) atoms. The predicted molar refractivity (Wildman–Crippen MR) is 84.3 cm³/mol. The van der Waals surface area contributed by atoms with Gasteiger partial charge in [-0.1, -0.05) is 37.3 Å². The van der Waals surface area contributed by atoms with E-state index in [2.05, 4.69) is 15.6 Å². The number of nitrogens with one attached hydrogen (secondary N) is 1. The summed E-state index contributed by atoms with van der Waals surface area (Å²) in [6.07, 6.45) is 2.40. The molecule has 1 aromatic carbocycles. The molecule has 2 aromatic rings. The second kappa shape index (κ2) is 7.04. The Balaban J connectivity index is 2.07. The van der Waals surface area contributed by atoms with E-state index in [1.165, 1.54) is 10.9 Å². The van der Waals surface area contributed by atoms with Gasteiger partial charge in [-0.05, 0) is 25.0 Å². The average molecular weight is 316 g/mol. The van der Waals surface area contributed by atoms with Crippen LogP contribution < -0.4 is 5.32 Å². The number of carboxylic acid groups (broad SMARTS) is 1. The third kappa shape index (κ3) is 3.56. The van der Waals surface area contributed by atoms with Crippen molar-refractivity contribution in [2.45, 2.75) is 26.7 Å². The number of aliphatic carboxylic acids is 1. The number of hydrogen-bond acceptors (Lipinski definition) is 4. The van der Waals surface area contributed by atoms with Crippen LogP contribution in [0.1, 0.15) is 37.2 Å². The van der Waals surface area contributed by atoms with E-state index < -0.39 is 17.3 Å². The first-order chi connectivity index (χ1) is 11.0. The van der Waals surface area contributed by atoms with Crippen LogP contribution in [0.25, 0.3) is 5.69 Å². The number of rotatable bonds is 7. The molecule has 0 spiro atoms. The zero-order valence-electron chi connectivity index (χ0n) is 13.2. The quantitative estimate of drug-likeness (QED) is 0.813. The lowest BCUT2D eigenvalue weighted by atomic mass is 9.82. The summed E-state index contributed by atoms with van der Waals surface area (Å²) >= 11 is 0. The maximum atomic E-state index is 12.2. The predicted octanol–water partition coefficient (Wildman–Crippen LogP) is 1.89. The van der Waals surface area contributed by atoms with Crippen LogP contribution >= 0.6 is 0 Å². The highest BCUT2D eigenvalue weighted by Gasteiger charge is 2.35. The monoisotopic (exact) mass is 316 g/mol. The second-order valence-corrected chi connectivity index (χ2v) is 5.36. The molecule has 1 aromatic heterocycles. The number of para-hydroxylation sites is 1. The maximum Gasteiger partial charge on any atom is 0.311 e. The van der Waals surface area contributed by atoms with Gasteiger partial charge < -0.3 is 10.4 Å². The third-order valence-corrected chi connectivity index (χ3v) is 4.14. The van der Waals surface area contributed by atoms with Gasteiger partial charge in [0.1, 0.15) is 0 Å². The molecule has 7 heteroatoms. The molecule has 0 saturated heterocycles. The highest BCUT2D eigenvalue weighted by atomic mass is 16.4. The van der Waals surface area contributed by atoms with Crippen LogP contribution in [0.2, 0.25) is 0 Å². The molecule has 0 radical (unpaired) electrons. The van der Waals surface area contributed by atoms with E-state index in [0.29, 0.717) is 12.8 Å². The van der Waals surface area contributed by atoms with Crippen LogP contribution in [-0.2, 0) is 4.79 Å². The van der Waals surface area contributed by atoms with Crippen molar-refractivity contribution in [1.29, 1.82) is 0 Å². The van der Waals surface area contributed by atoms with Crippen LogP contribution in [0, 0.1) is 5.41 Å². The van der Waals surface area contributed by atoms with Crippen molar-refractivity contribution in [3.63, 3.8) is 0 Å². The minimum Gasteiger partial charge on any atom is -0.481 e.